The molecule has 1 amide bonds. The van der Waals surface area contributed by atoms with Crippen LogP contribution in [-0.4, -0.2) is 35.4 Å². The normalized spacial score (nSPS) is 11.3. The number of nitrogens with zero attached hydrogens (tertiary/aromatic N) is 2. The highest BCUT2D eigenvalue weighted by molar-refractivity contribution is 9.10. The third-order valence-electron chi connectivity index (χ3n) is 3.05. The van der Waals surface area contributed by atoms with E-state index >= 15 is 0 Å². The summed E-state index contributed by atoms with van der Waals surface area (Å²) in [5.41, 5.74) is 0.519. The molecule has 6 nitrogen and oxygen atoms in total. The number of hydrogen-bond acceptors (Lipinski definition) is 4. The third kappa shape index (κ3) is 7.09. The van der Waals surface area contributed by atoms with Gasteiger partial charge in [0.2, 0.25) is 5.91 Å². The fraction of sp³-hybridized carbons (Fsp3) is 0.562. The summed E-state index contributed by atoms with van der Waals surface area (Å²) in [4.78, 5) is 24.6. The molecule has 1 aromatic carbocycles. The van der Waals surface area contributed by atoms with Crippen molar-refractivity contribution in [2.75, 3.05) is 25.0 Å². The second kappa shape index (κ2) is 8.98. The van der Waals surface area contributed by atoms with Crippen LogP contribution in [0.2, 0.25) is 0 Å². The molecule has 1 rings (SSSR count). The Morgan fingerprint density at radius 3 is 2.26 bits per heavy atom. The van der Waals surface area contributed by atoms with Gasteiger partial charge in [-0.15, -0.1) is 0 Å². The van der Waals surface area contributed by atoms with E-state index < -0.39 is 4.92 Å². The van der Waals surface area contributed by atoms with Crippen LogP contribution in [-0.2, 0) is 4.79 Å². The Morgan fingerprint density at radius 2 is 1.83 bits per heavy atom. The number of halogens is 1. The highest BCUT2D eigenvalue weighted by Crippen LogP contribution is 2.27. The minimum Gasteiger partial charge on any atom is -0.324 e. The number of nitro benzene ring substituents is 1. The molecule has 1 N–H and O–H groups in total. The lowest BCUT2D eigenvalue weighted by atomic mass is 10.1. The van der Waals surface area contributed by atoms with Gasteiger partial charge in [0, 0.05) is 29.7 Å². The Morgan fingerprint density at radius 1 is 1.26 bits per heavy atom. The zero-order valence-electron chi connectivity index (χ0n) is 14.0. The van der Waals surface area contributed by atoms with E-state index in [1.807, 2.05) is 0 Å². The molecular weight excluding hydrogens is 362 g/mol. The van der Waals surface area contributed by atoms with Crippen LogP contribution in [0.25, 0.3) is 0 Å². The van der Waals surface area contributed by atoms with Crippen molar-refractivity contribution in [3.8, 4) is 0 Å². The number of amides is 1. The third-order valence-corrected chi connectivity index (χ3v) is 3.71. The summed E-state index contributed by atoms with van der Waals surface area (Å²) >= 11 is 3.26. The molecule has 0 aliphatic rings. The number of rotatable bonds is 8. The van der Waals surface area contributed by atoms with Gasteiger partial charge in [0.25, 0.3) is 5.69 Å². The number of nitro groups is 1. The van der Waals surface area contributed by atoms with Crippen LogP contribution in [0, 0.1) is 22.0 Å². The fourth-order valence-electron chi connectivity index (χ4n) is 2.35. The SMILES string of the molecule is CC(C)CN(CC(=O)Nc1ccc([N+](=O)[O-])cc1Br)CC(C)C. The van der Waals surface area contributed by atoms with Crippen LogP contribution in [0.4, 0.5) is 11.4 Å². The predicted molar refractivity (Wildman–Crippen MR) is 95.5 cm³/mol. The summed E-state index contributed by atoms with van der Waals surface area (Å²) in [7, 11) is 0. The lowest BCUT2D eigenvalue weighted by Gasteiger charge is -2.25. The summed E-state index contributed by atoms with van der Waals surface area (Å²) in [6.07, 6.45) is 0. The van der Waals surface area contributed by atoms with Crippen LogP contribution in [0.15, 0.2) is 22.7 Å². The first kappa shape index (κ1) is 19.6. The molecule has 0 aromatic heterocycles. The number of anilines is 1. The summed E-state index contributed by atoms with van der Waals surface area (Å²) in [6.45, 7) is 10.5. The van der Waals surface area contributed by atoms with E-state index in [2.05, 4.69) is 53.8 Å². The molecule has 128 valence electrons. The van der Waals surface area contributed by atoms with Crippen molar-refractivity contribution in [1.82, 2.24) is 4.90 Å². The van der Waals surface area contributed by atoms with E-state index in [0.29, 0.717) is 28.5 Å². The molecule has 0 fully saturated rings. The van der Waals surface area contributed by atoms with Gasteiger partial charge in [-0.1, -0.05) is 27.7 Å². The maximum Gasteiger partial charge on any atom is 0.270 e. The fourth-order valence-corrected chi connectivity index (χ4v) is 2.81. The van der Waals surface area contributed by atoms with Crippen molar-refractivity contribution < 1.29 is 9.72 Å². The number of carbonyl (C=O) groups excluding carboxylic acids is 1. The smallest absolute Gasteiger partial charge is 0.270 e. The quantitative estimate of drug-likeness (QED) is 0.543. The largest absolute Gasteiger partial charge is 0.324 e. The van der Waals surface area contributed by atoms with Crippen LogP contribution < -0.4 is 5.32 Å². The van der Waals surface area contributed by atoms with Gasteiger partial charge in [0.15, 0.2) is 0 Å². The van der Waals surface area contributed by atoms with Crippen molar-refractivity contribution in [2.45, 2.75) is 27.7 Å². The Labute approximate surface area is 145 Å². The lowest BCUT2D eigenvalue weighted by molar-refractivity contribution is -0.384. The van der Waals surface area contributed by atoms with Crippen molar-refractivity contribution in [3.05, 3.63) is 32.8 Å². The average Bonchev–Trinajstić information content (AvgIpc) is 2.39. The Kier molecular flexibility index (Phi) is 7.64. The number of hydrogen-bond donors (Lipinski definition) is 1. The zero-order chi connectivity index (χ0) is 17.6. The standard InChI is InChI=1S/C16H24BrN3O3/c1-11(2)8-19(9-12(3)4)10-16(21)18-15-6-5-13(20(22)23)7-14(15)17/h5-7,11-12H,8-10H2,1-4H3,(H,18,21). The van der Waals surface area contributed by atoms with Gasteiger partial charge in [0.1, 0.15) is 0 Å². The maximum absolute atomic E-state index is 12.2. The molecule has 0 unspecified atom stereocenters. The Balaban J connectivity index is 2.72. The first-order valence-corrected chi connectivity index (χ1v) is 8.44. The topological polar surface area (TPSA) is 75.5 Å². The van der Waals surface area contributed by atoms with Crippen LogP contribution >= 0.6 is 15.9 Å². The van der Waals surface area contributed by atoms with E-state index in [0.717, 1.165) is 13.1 Å². The average molecular weight is 386 g/mol. The number of carbonyl (C=O) groups is 1. The molecule has 0 aliphatic carbocycles. The van der Waals surface area contributed by atoms with Gasteiger partial charge in [0.05, 0.1) is 17.2 Å². The van der Waals surface area contributed by atoms with E-state index in [1.165, 1.54) is 18.2 Å². The number of non-ortho nitro benzene ring substituents is 1. The molecule has 0 saturated heterocycles. The number of nitrogens with one attached hydrogen (secondary N) is 1. The maximum atomic E-state index is 12.2. The molecule has 0 spiro atoms. The van der Waals surface area contributed by atoms with E-state index in [4.69, 9.17) is 0 Å². The first-order valence-electron chi connectivity index (χ1n) is 7.65. The highest BCUT2D eigenvalue weighted by atomic mass is 79.9. The van der Waals surface area contributed by atoms with E-state index in [-0.39, 0.29) is 11.6 Å². The van der Waals surface area contributed by atoms with E-state index in [1.54, 1.807) is 0 Å². The van der Waals surface area contributed by atoms with Crippen molar-refractivity contribution in [2.24, 2.45) is 11.8 Å². The highest BCUT2D eigenvalue weighted by Gasteiger charge is 2.16. The molecule has 1 aromatic rings. The van der Waals surface area contributed by atoms with Crippen molar-refractivity contribution in [3.63, 3.8) is 0 Å². The molecule has 0 bridgehead atoms. The van der Waals surface area contributed by atoms with Crippen LogP contribution in [0.1, 0.15) is 27.7 Å². The first-order chi connectivity index (χ1) is 10.7. The summed E-state index contributed by atoms with van der Waals surface area (Å²) in [5, 5.41) is 13.5. The molecule has 23 heavy (non-hydrogen) atoms. The molecule has 0 radical (unpaired) electrons. The van der Waals surface area contributed by atoms with Gasteiger partial charge >= 0.3 is 0 Å². The van der Waals surface area contributed by atoms with Gasteiger partial charge in [-0.2, -0.15) is 0 Å². The second-order valence-electron chi connectivity index (χ2n) is 6.45. The van der Waals surface area contributed by atoms with Gasteiger partial charge in [-0.25, -0.2) is 0 Å². The minimum atomic E-state index is -0.469. The molecule has 0 atom stereocenters. The summed E-state index contributed by atoms with van der Waals surface area (Å²) in [6, 6.07) is 4.30. The Hall–Kier alpha value is -1.47. The van der Waals surface area contributed by atoms with Gasteiger partial charge in [-0.05, 0) is 33.8 Å². The van der Waals surface area contributed by atoms with Gasteiger partial charge in [-0.3, -0.25) is 19.8 Å². The molecule has 0 saturated carbocycles. The molecule has 0 aliphatic heterocycles. The number of benzene rings is 1. The molecule has 7 heteroatoms. The van der Waals surface area contributed by atoms with E-state index in [9.17, 15) is 14.9 Å². The van der Waals surface area contributed by atoms with Crippen LogP contribution in [0.5, 0.6) is 0 Å². The van der Waals surface area contributed by atoms with Gasteiger partial charge < -0.3 is 5.32 Å². The van der Waals surface area contributed by atoms with Crippen molar-refractivity contribution >= 4 is 33.2 Å². The predicted octanol–water partition coefficient (Wildman–Crippen LogP) is 3.91. The Bertz CT molecular complexity index is 552. The zero-order valence-corrected chi connectivity index (χ0v) is 15.6. The lowest BCUT2D eigenvalue weighted by Crippen LogP contribution is -2.38. The van der Waals surface area contributed by atoms with Crippen LogP contribution in [0.3, 0.4) is 0 Å². The second-order valence-corrected chi connectivity index (χ2v) is 7.31. The monoisotopic (exact) mass is 385 g/mol. The summed E-state index contributed by atoms with van der Waals surface area (Å²) < 4.78 is 0.499. The molecule has 0 heterocycles. The molecular formula is C16H24BrN3O3. The van der Waals surface area contributed by atoms with Crippen molar-refractivity contribution in [1.29, 1.82) is 0 Å². The summed E-state index contributed by atoms with van der Waals surface area (Å²) in [5.74, 6) is 0.834. The minimum absolute atomic E-state index is 0.0175.